The molecule has 4 rings (SSSR count). The van der Waals surface area contributed by atoms with Crippen molar-refractivity contribution >= 4 is 17.4 Å². The van der Waals surface area contributed by atoms with Crippen molar-refractivity contribution < 1.29 is 29.1 Å². The molecular weight excluding hydrogens is 476 g/mol. The van der Waals surface area contributed by atoms with Crippen LogP contribution in [0.2, 0.25) is 0 Å². The number of nitrogens with zero attached hydrogens (tertiary/aromatic N) is 1. The zero-order valence-electron chi connectivity index (χ0n) is 21.9. The molecule has 2 unspecified atom stereocenters. The minimum atomic E-state index is -0.854. The monoisotopic (exact) mass is 511 g/mol. The summed E-state index contributed by atoms with van der Waals surface area (Å²) in [4.78, 5) is 38.3. The summed E-state index contributed by atoms with van der Waals surface area (Å²) in [5.74, 6) is -3.24. The van der Waals surface area contributed by atoms with E-state index in [4.69, 9.17) is 9.47 Å². The van der Waals surface area contributed by atoms with Gasteiger partial charge in [0.2, 0.25) is 0 Å². The number of hydrogen-bond acceptors (Lipinski definition) is 8. The molecule has 2 atom stereocenters. The third-order valence-electron chi connectivity index (χ3n) is 7.45. The summed E-state index contributed by atoms with van der Waals surface area (Å²) < 4.78 is 11.4. The van der Waals surface area contributed by atoms with E-state index in [0.29, 0.717) is 17.0 Å². The molecule has 2 aliphatic carbocycles. The number of esters is 1. The molecule has 1 N–H and O–H groups in total. The summed E-state index contributed by atoms with van der Waals surface area (Å²) in [5.41, 5.74) is 0.718. The number of hydrogen-bond donors (Lipinski definition) is 1. The Morgan fingerprint density at radius 2 is 1.84 bits per heavy atom. The van der Waals surface area contributed by atoms with Gasteiger partial charge in [-0.05, 0) is 56.6 Å². The Kier molecular flexibility index (Phi) is 7.62. The molecule has 1 aromatic rings. The maximum Gasteiger partial charge on any atom is 0.336 e. The smallest absolute Gasteiger partial charge is 0.336 e. The van der Waals surface area contributed by atoms with Gasteiger partial charge < -0.3 is 19.9 Å². The highest BCUT2D eigenvalue weighted by atomic mass is 16.6. The number of fused-ring (bicyclic) bond motifs is 1. The third-order valence-corrected chi connectivity index (χ3v) is 7.45. The minimum Gasteiger partial charge on any atom is -0.865 e. The molecule has 0 radical (unpaired) electrons. The average molecular weight is 512 g/mol. The van der Waals surface area contributed by atoms with E-state index in [2.05, 4.69) is 5.32 Å². The number of carbonyl (C=O) groups is 2. The van der Waals surface area contributed by atoms with Gasteiger partial charge in [0.05, 0.1) is 23.0 Å². The number of Topliss-reactive ketones (excluding diaryl/α,β-unsaturated/α-hetero) is 1. The van der Waals surface area contributed by atoms with Gasteiger partial charge in [-0.2, -0.15) is 0 Å². The van der Waals surface area contributed by atoms with Crippen molar-refractivity contribution in [1.82, 2.24) is 5.32 Å². The zero-order chi connectivity index (χ0) is 26.9. The molecule has 1 saturated carbocycles. The largest absolute Gasteiger partial charge is 0.865 e. The Hall–Kier alpha value is -3.36. The molecule has 37 heavy (non-hydrogen) atoms. The Labute approximate surface area is 217 Å². The summed E-state index contributed by atoms with van der Waals surface area (Å²) in [5, 5.41) is 27.7. The van der Waals surface area contributed by atoms with Gasteiger partial charge in [0.25, 0.3) is 5.69 Å². The third kappa shape index (κ3) is 5.50. The van der Waals surface area contributed by atoms with Gasteiger partial charge in [-0.1, -0.05) is 32.8 Å². The Balaban J connectivity index is 1.86. The second kappa shape index (κ2) is 10.6. The Bertz CT molecular complexity index is 1160. The first-order valence-electron chi connectivity index (χ1n) is 13.1. The average Bonchev–Trinajstić information content (AvgIpc) is 3.07. The van der Waals surface area contributed by atoms with E-state index in [9.17, 15) is 24.8 Å². The van der Waals surface area contributed by atoms with Crippen LogP contribution >= 0.6 is 0 Å². The molecule has 1 fully saturated rings. The summed E-state index contributed by atoms with van der Waals surface area (Å²) in [7, 11) is 0. The second-order valence-electron chi connectivity index (χ2n) is 10.9. The zero-order valence-corrected chi connectivity index (χ0v) is 21.9. The lowest BCUT2D eigenvalue weighted by atomic mass is 9.66. The maximum atomic E-state index is 13.7. The SMILES string of the molecule is CCOc1cc(C2C(C(=O)OC3CCCCCC3)=C(C)NC3=CC(C)(C)CC(=O)C32)cc([N+](=O)[O-])c1[O-]. The normalized spacial score (nSPS) is 23.9. The molecule has 0 spiro atoms. The van der Waals surface area contributed by atoms with E-state index < -0.39 is 34.2 Å². The summed E-state index contributed by atoms with van der Waals surface area (Å²) in [6, 6.07) is 2.61. The quantitative estimate of drug-likeness (QED) is 0.250. The van der Waals surface area contributed by atoms with Crippen LogP contribution in [0.1, 0.15) is 84.1 Å². The van der Waals surface area contributed by atoms with Gasteiger partial charge in [-0.3, -0.25) is 14.9 Å². The lowest BCUT2D eigenvalue weighted by Gasteiger charge is -2.41. The molecule has 0 amide bonds. The number of ketones is 1. The van der Waals surface area contributed by atoms with Gasteiger partial charge in [-0.25, -0.2) is 4.79 Å². The predicted octanol–water partition coefficient (Wildman–Crippen LogP) is 4.79. The lowest BCUT2D eigenvalue weighted by Crippen LogP contribution is -2.44. The van der Waals surface area contributed by atoms with Crippen molar-refractivity contribution in [2.75, 3.05) is 6.61 Å². The van der Waals surface area contributed by atoms with E-state index in [1.54, 1.807) is 13.8 Å². The number of allylic oxidation sites excluding steroid dienone is 3. The Morgan fingerprint density at radius 1 is 1.16 bits per heavy atom. The van der Waals surface area contributed by atoms with E-state index in [-0.39, 0.29) is 41.7 Å². The summed E-state index contributed by atoms with van der Waals surface area (Å²) in [6.45, 7) is 7.48. The van der Waals surface area contributed by atoms with Crippen molar-refractivity contribution in [2.24, 2.45) is 11.3 Å². The molecule has 3 aliphatic rings. The molecule has 1 aliphatic heterocycles. The van der Waals surface area contributed by atoms with Crippen LogP contribution in [0.25, 0.3) is 0 Å². The number of rotatable bonds is 6. The number of nitro groups is 1. The Morgan fingerprint density at radius 3 is 2.46 bits per heavy atom. The molecular formula is C28H35N2O7-. The molecule has 200 valence electrons. The van der Waals surface area contributed by atoms with Crippen LogP contribution in [-0.4, -0.2) is 29.4 Å². The van der Waals surface area contributed by atoms with Crippen LogP contribution in [0.15, 0.2) is 35.2 Å². The highest BCUT2D eigenvalue weighted by molar-refractivity contribution is 5.96. The number of carbonyl (C=O) groups excluding carboxylic acids is 2. The fourth-order valence-corrected chi connectivity index (χ4v) is 5.86. The summed E-state index contributed by atoms with van der Waals surface area (Å²) >= 11 is 0. The number of ether oxygens (including phenoxy) is 2. The van der Waals surface area contributed by atoms with Crippen LogP contribution in [0.4, 0.5) is 5.69 Å². The van der Waals surface area contributed by atoms with Crippen LogP contribution < -0.4 is 15.2 Å². The van der Waals surface area contributed by atoms with Crippen LogP contribution in [0.5, 0.6) is 11.5 Å². The van der Waals surface area contributed by atoms with E-state index in [0.717, 1.165) is 38.5 Å². The van der Waals surface area contributed by atoms with Crippen LogP contribution in [-0.2, 0) is 14.3 Å². The maximum absolute atomic E-state index is 13.7. The molecule has 1 aromatic carbocycles. The lowest BCUT2D eigenvalue weighted by molar-refractivity contribution is -0.398. The number of nitrogens with one attached hydrogen (secondary N) is 1. The van der Waals surface area contributed by atoms with E-state index in [1.165, 1.54) is 12.1 Å². The first-order valence-corrected chi connectivity index (χ1v) is 13.1. The minimum absolute atomic E-state index is 0.0842. The van der Waals surface area contributed by atoms with Crippen molar-refractivity contribution in [3.63, 3.8) is 0 Å². The van der Waals surface area contributed by atoms with Crippen molar-refractivity contribution in [1.29, 1.82) is 0 Å². The van der Waals surface area contributed by atoms with E-state index >= 15 is 0 Å². The first kappa shape index (κ1) is 26.7. The molecule has 0 saturated heterocycles. The predicted molar refractivity (Wildman–Crippen MR) is 135 cm³/mol. The van der Waals surface area contributed by atoms with Gasteiger partial charge in [0, 0.05) is 35.5 Å². The topological polar surface area (TPSA) is 131 Å². The van der Waals surface area contributed by atoms with Gasteiger partial charge >= 0.3 is 5.97 Å². The standard InChI is InChI=1S/C28H36N2O7/c1-5-36-22-13-17(12-20(26(22)32)30(34)35)24-23(27(33)37-18-10-8-6-7-9-11-18)16(2)29-19-14-28(3,4)15-21(31)25(19)24/h12-14,18,24-25,29,32H,5-11,15H2,1-4H3/p-1. The van der Waals surface area contributed by atoms with Crippen molar-refractivity contribution in [2.45, 2.75) is 84.7 Å². The number of nitro benzene ring substituents is 1. The molecule has 0 aromatic heterocycles. The van der Waals surface area contributed by atoms with Gasteiger partial charge in [0.15, 0.2) is 0 Å². The molecule has 9 nitrogen and oxygen atoms in total. The van der Waals surface area contributed by atoms with Crippen molar-refractivity contribution in [3.8, 4) is 11.5 Å². The number of benzene rings is 1. The van der Waals surface area contributed by atoms with Crippen molar-refractivity contribution in [3.05, 3.63) is 50.9 Å². The molecule has 9 heteroatoms. The van der Waals surface area contributed by atoms with Crippen LogP contribution in [0, 0.1) is 21.4 Å². The van der Waals surface area contributed by atoms with Crippen LogP contribution in [0.3, 0.4) is 0 Å². The first-order chi connectivity index (χ1) is 17.5. The van der Waals surface area contributed by atoms with E-state index in [1.807, 2.05) is 19.9 Å². The highest BCUT2D eigenvalue weighted by Crippen LogP contribution is 2.49. The highest BCUT2D eigenvalue weighted by Gasteiger charge is 2.47. The fraction of sp³-hybridized carbons (Fsp3) is 0.571. The molecule has 1 heterocycles. The second-order valence-corrected chi connectivity index (χ2v) is 10.9. The van der Waals surface area contributed by atoms with Gasteiger partial charge in [0.1, 0.15) is 17.6 Å². The molecule has 0 bridgehead atoms. The fourth-order valence-electron chi connectivity index (χ4n) is 5.86. The summed E-state index contributed by atoms with van der Waals surface area (Å²) in [6.07, 6.45) is 7.76. The van der Waals surface area contributed by atoms with Gasteiger partial charge in [-0.15, -0.1) is 0 Å².